The first kappa shape index (κ1) is 17.3. The Morgan fingerprint density at radius 3 is 1.83 bits per heavy atom. The molecule has 0 aliphatic carbocycles. The van der Waals surface area contributed by atoms with Crippen LogP contribution >= 0.6 is 0 Å². The molecule has 0 bridgehead atoms. The van der Waals surface area contributed by atoms with E-state index < -0.39 is 0 Å². The average molecular weight is 310 g/mol. The Bertz CT molecular complexity index is 536. The van der Waals surface area contributed by atoms with Crippen LogP contribution < -0.4 is 0 Å². The van der Waals surface area contributed by atoms with Gasteiger partial charge >= 0.3 is 5.97 Å². The molecule has 0 N–H and O–H groups in total. The van der Waals surface area contributed by atoms with E-state index in [-0.39, 0.29) is 18.0 Å². The average Bonchev–Trinajstić information content (AvgIpc) is 2.56. The third kappa shape index (κ3) is 5.90. The summed E-state index contributed by atoms with van der Waals surface area (Å²) in [6.07, 6.45) is 3.06. The second-order valence-corrected chi connectivity index (χ2v) is 6.08. The van der Waals surface area contributed by atoms with E-state index in [2.05, 4.69) is 48.5 Å². The second-order valence-electron chi connectivity index (χ2n) is 6.08. The van der Waals surface area contributed by atoms with Crippen LogP contribution in [-0.4, -0.2) is 12.1 Å². The second kappa shape index (κ2) is 9.14. The Hall–Kier alpha value is -2.09. The lowest BCUT2D eigenvalue weighted by Crippen LogP contribution is -2.27. The van der Waals surface area contributed by atoms with Crippen molar-refractivity contribution < 1.29 is 9.53 Å². The van der Waals surface area contributed by atoms with Gasteiger partial charge in [-0.15, -0.1) is 0 Å². The van der Waals surface area contributed by atoms with Crippen molar-refractivity contribution in [2.75, 3.05) is 0 Å². The standard InChI is InChI=1S/C21H26O2/c1-3-10-21(22)23-17(2)20(15-18-11-6-4-7-12-18)16-19-13-8-5-9-14-19/h4-9,11-14,17,20H,3,10,15-16H2,1-2H3. The molecule has 0 saturated heterocycles. The zero-order valence-corrected chi connectivity index (χ0v) is 14.1. The van der Waals surface area contributed by atoms with E-state index in [9.17, 15) is 4.79 Å². The summed E-state index contributed by atoms with van der Waals surface area (Å²) in [5.41, 5.74) is 2.57. The molecule has 2 rings (SSSR count). The Balaban J connectivity index is 2.08. The molecule has 2 heteroatoms. The van der Waals surface area contributed by atoms with E-state index in [0.29, 0.717) is 6.42 Å². The van der Waals surface area contributed by atoms with Crippen LogP contribution in [-0.2, 0) is 22.4 Å². The Labute approximate surface area is 139 Å². The summed E-state index contributed by atoms with van der Waals surface area (Å²) in [6.45, 7) is 4.02. The highest BCUT2D eigenvalue weighted by Gasteiger charge is 2.21. The first-order valence-electron chi connectivity index (χ1n) is 8.46. The van der Waals surface area contributed by atoms with E-state index in [0.717, 1.165) is 19.3 Å². The molecule has 0 radical (unpaired) electrons. The summed E-state index contributed by atoms with van der Waals surface area (Å²) in [6, 6.07) is 20.8. The third-order valence-electron chi connectivity index (χ3n) is 4.12. The fraction of sp³-hybridized carbons (Fsp3) is 0.381. The van der Waals surface area contributed by atoms with Crippen molar-refractivity contribution in [2.45, 2.75) is 45.6 Å². The van der Waals surface area contributed by atoms with Crippen molar-refractivity contribution in [3.05, 3.63) is 71.8 Å². The lowest BCUT2D eigenvalue weighted by Gasteiger charge is -2.24. The number of hydrogen-bond donors (Lipinski definition) is 0. The van der Waals surface area contributed by atoms with Crippen LogP contribution in [0.1, 0.15) is 37.8 Å². The predicted molar refractivity (Wildman–Crippen MR) is 94.2 cm³/mol. The van der Waals surface area contributed by atoms with E-state index in [4.69, 9.17) is 4.74 Å². The van der Waals surface area contributed by atoms with Gasteiger partial charge in [-0.3, -0.25) is 4.79 Å². The Morgan fingerprint density at radius 1 is 0.913 bits per heavy atom. The minimum absolute atomic E-state index is 0.0885. The summed E-state index contributed by atoms with van der Waals surface area (Å²) in [5.74, 6) is 0.187. The summed E-state index contributed by atoms with van der Waals surface area (Å²) >= 11 is 0. The van der Waals surface area contributed by atoms with Gasteiger partial charge in [-0.1, -0.05) is 67.6 Å². The summed E-state index contributed by atoms with van der Waals surface area (Å²) in [5, 5.41) is 0. The lowest BCUT2D eigenvalue weighted by atomic mass is 9.88. The molecule has 1 atom stereocenters. The van der Waals surface area contributed by atoms with Gasteiger partial charge in [0.1, 0.15) is 6.10 Å². The molecule has 0 heterocycles. The summed E-state index contributed by atoms with van der Waals surface area (Å²) in [4.78, 5) is 11.8. The number of esters is 1. The van der Waals surface area contributed by atoms with Gasteiger partial charge in [0.15, 0.2) is 0 Å². The van der Waals surface area contributed by atoms with Crippen LogP contribution in [0.25, 0.3) is 0 Å². The molecule has 2 aromatic carbocycles. The van der Waals surface area contributed by atoms with Gasteiger partial charge < -0.3 is 4.74 Å². The van der Waals surface area contributed by atoms with Crippen LogP contribution in [0.4, 0.5) is 0 Å². The predicted octanol–water partition coefficient (Wildman–Crippen LogP) is 4.82. The fourth-order valence-electron chi connectivity index (χ4n) is 2.80. The van der Waals surface area contributed by atoms with Gasteiger partial charge in [0.05, 0.1) is 0 Å². The third-order valence-corrected chi connectivity index (χ3v) is 4.12. The van der Waals surface area contributed by atoms with Crippen molar-refractivity contribution in [3.63, 3.8) is 0 Å². The van der Waals surface area contributed by atoms with Crippen molar-refractivity contribution >= 4 is 5.97 Å². The molecule has 0 aliphatic heterocycles. The largest absolute Gasteiger partial charge is 0.462 e. The number of carbonyl (C=O) groups is 1. The Morgan fingerprint density at radius 2 is 1.39 bits per heavy atom. The summed E-state index contributed by atoms with van der Waals surface area (Å²) < 4.78 is 5.66. The van der Waals surface area contributed by atoms with Crippen LogP contribution in [0.2, 0.25) is 0 Å². The Kier molecular flexibility index (Phi) is 6.86. The van der Waals surface area contributed by atoms with Gasteiger partial charge in [0.2, 0.25) is 0 Å². The van der Waals surface area contributed by atoms with Crippen molar-refractivity contribution in [2.24, 2.45) is 5.92 Å². The van der Waals surface area contributed by atoms with Crippen molar-refractivity contribution in [1.82, 2.24) is 0 Å². The number of benzene rings is 2. The van der Waals surface area contributed by atoms with Gasteiger partial charge in [-0.25, -0.2) is 0 Å². The molecule has 0 spiro atoms. The number of rotatable bonds is 8. The van der Waals surface area contributed by atoms with Gasteiger partial charge in [-0.05, 0) is 37.3 Å². The maximum absolute atomic E-state index is 11.8. The number of carbonyl (C=O) groups excluding carboxylic acids is 1. The van der Waals surface area contributed by atoms with Crippen molar-refractivity contribution in [1.29, 1.82) is 0 Å². The molecule has 2 nitrogen and oxygen atoms in total. The molecule has 1 unspecified atom stereocenters. The molecule has 2 aromatic rings. The van der Waals surface area contributed by atoms with Gasteiger partial charge in [-0.2, -0.15) is 0 Å². The van der Waals surface area contributed by atoms with Crippen molar-refractivity contribution in [3.8, 4) is 0 Å². The molecule has 0 amide bonds. The minimum atomic E-state index is -0.0916. The zero-order valence-electron chi connectivity index (χ0n) is 14.1. The normalized spacial score (nSPS) is 12.1. The molecular weight excluding hydrogens is 284 g/mol. The first-order valence-corrected chi connectivity index (χ1v) is 8.46. The van der Waals surface area contributed by atoms with Crippen LogP contribution in [0.15, 0.2) is 60.7 Å². The first-order chi connectivity index (χ1) is 11.2. The molecule has 0 aliphatic rings. The maximum atomic E-state index is 11.8. The number of hydrogen-bond acceptors (Lipinski definition) is 2. The smallest absolute Gasteiger partial charge is 0.306 e. The van der Waals surface area contributed by atoms with E-state index in [1.54, 1.807) is 0 Å². The lowest BCUT2D eigenvalue weighted by molar-refractivity contribution is -0.150. The molecular formula is C21H26O2. The van der Waals surface area contributed by atoms with Crippen LogP contribution in [0, 0.1) is 5.92 Å². The SMILES string of the molecule is CCCC(=O)OC(C)C(Cc1ccccc1)Cc1ccccc1. The molecule has 0 saturated carbocycles. The van der Waals surface area contributed by atoms with Gasteiger partial charge in [0.25, 0.3) is 0 Å². The molecule has 0 fully saturated rings. The molecule has 23 heavy (non-hydrogen) atoms. The highest BCUT2D eigenvalue weighted by Crippen LogP contribution is 2.21. The topological polar surface area (TPSA) is 26.3 Å². The highest BCUT2D eigenvalue weighted by atomic mass is 16.5. The van der Waals surface area contributed by atoms with E-state index in [1.807, 2.05) is 26.0 Å². The van der Waals surface area contributed by atoms with Gasteiger partial charge in [0, 0.05) is 12.3 Å². The van der Waals surface area contributed by atoms with Crippen LogP contribution in [0.5, 0.6) is 0 Å². The summed E-state index contributed by atoms with van der Waals surface area (Å²) in [7, 11) is 0. The molecule has 122 valence electrons. The molecule has 0 aromatic heterocycles. The van der Waals surface area contributed by atoms with E-state index >= 15 is 0 Å². The minimum Gasteiger partial charge on any atom is -0.462 e. The van der Waals surface area contributed by atoms with Crippen LogP contribution in [0.3, 0.4) is 0 Å². The fourth-order valence-corrected chi connectivity index (χ4v) is 2.80. The number of ether oxygens (including phenoxy) is 1. The monoisotopic (exact) mass is 310 g/mol. The maximum Gasteiger partial charge on any atom is 0.306 e. The zero-order chi connectivity index (χ0) is 16.5. The van der Waals surface area contributed by atoms with E-state index in [1.165, 1.54) is 11.1 Å². The quantitative estimate of drug-likeness (QED) is 0.653. The highest BCUT2D eigenvalue weighted by molar-refractivity contribution is 5.69.